The molecule has 0 atom stereocenters. The Bertz CT molecular complexity index is 1320. The number of hydrogen-bond donors (Lipinski definition) is 2. The van der Waals surface area contributed by atoms with Gasteiger partial charge in [-0.15, -0.1) is 10.2 Å². The molecule has 3 aromatic carbocycles. The molecule has 9 heteroatoms. The molecule has 0 radical (unpaired) electrons. The van der Waals surface area contributed by atoms with Gasteiger partial charge in [0, 0.05) is 34.6 Å². The standard InChI is InChI=1S/C25H22ClN5O2S/c1-16-8-11-19(26)14-22(16)28-23(33)15-34-25-30-29-24(31(25)21-6-4-3-5-7-21)18-9-12-20(13-10-18)27-17(2)32/h3-14H,15H2,1-2H3,(H,27,32)(H,28,33). The Hall–Kier alpha value is -3.62. The summed E-state index contributed by atoms with van der Waals surface area (Å²) >= 11 is 7.35. The molecule has 0 aliphatic rings. The van der Waals surface area contributed by atoms with Gasteiger partial charge in [0.05, 0.1) is 5.75 Å². The van der Waals surface area contributed by atoms with Crippen LogP contribution in [0.15, 0.2) is 78.0 Å². The van der Waals surface area contributed by atoms with Gasteiger partial charge in [-0.2, -0.15) is 0 Å². The molecule has 0 fully saturated rings. The summed E-state index contributed by atoms with van der Waals surface area (Å²) in [6.45, 7) is 3.38. The topological polar surface area (TPSA) is 88.9 Å². The molecule has 172 valence electrons. The summed E-state index contributed by atoms with van der Waals surface area (Å²) in [5.41, 5.74) is 4.02. The number of anilines is 2. The van der Waals surface area contributed by atoms with Gasteiger partial charge in [-0.05, 0) is 61.0 Å². The van der Waals surface area contributed by atoms with Gasteiger partial charge < -0.3 is 10.6 Å². The average Bonchev–Trinajstić information content (AvgIpc) is 3.25. The van der Waals surface area contributed by atoms with Crippen LogP contribution in [0.25, 0.3) is 17.1 Å². The molecule has 1 aromatic heterocycles. The lowest BCUT2D eigenvalue weighted by Crippen LogP contribution is -2.15. The summed E-state index contributed by atoms with van der Waals surface area (Å²) in [7, 11) is 0. The van der Waals surface area contributed by atoms with E-state index >= 15 is 0 Å². The van der Waals surface area contributed by atoms with E-state index in [1.165, 1.54) is 18.7 Å². The third kappa shape index (κ3) is 5.65. The van der Waals surface area contributed by atoms with Gasteiger partial charge in [0.15, 0.2) is 11.0 Å². The summed E-state index contributed by atoms with van der Waals surface area (Å²) in [6.07, 6.45) is 0. The Kier molecular flexibility index (Phi) is 7.30. The van der Waals surface area contributed by atoms with Gasteiger partial charge in [-0.1, -0.05) is 47.6 Å². The van der Waals surface area contributed by atoms with E-state index in [0.29, 0.717) is 27.4 Å². The minimum atomic E-state index is -0.167. The number of aryl methyl sites for hydroxylation is 1. The lowest BCUT2D eigenvalue weighted by molar-refractivity contribution is -0.114. The second kappa shape index (κ2) is 10.5. The van der Waals surface area contributed by atoms with Crippen LogP contribution in [0.5, 0.6) is 0 Å². The zero-order valence-corrected chi connectivity index (χ0v) is 20.2. The molecule has 34 heavy (non-hydrogen) atoms. The van der Waals surface area contributed by atoms with Crippen molar-refractivity contribution in [3.63, 3.8) is 0 Å². The SMILES string of the molecule is CC(=O)Nc1ccc(-c2nnc(SCC(=O)Nc3cc(Cl)ccc3C)n2-c2ccccc2)cc1. The first-order valence-corrected chi connectivity index (χ1v) is 11.8. The van der Waals surface area contributed by atoms with Crippen LogP contribution in [0.3, 0.4) is 0 Å². The van der Waals surface area contributed by atoms with Crippen molar-refractivity contribution < 1.29 is 9.59 Å². The minimum Gasteiger partial charge on any atom is -0.326 e. The molecule has 2 N–H and O–H groups in total. The normalized spacial score (nSPS) is 10.7. The van der Waals surface area contributed by atoms with Crippen molar-refractivity contribution in [3.05, 3.63) is 83.4 Å². The van der Waals surface area contributed by atoms with E-state index in [-0.39, 0.29) is 17.6 Å². The fourth-order valence-corrected chi connectivity index (χ4v) is 4.24. The number of hydrogen-bond acceptors (Lipinski definition) is 5. The number of amides is 2. The zero-order valence-electron chi connectivity index (χ0n) is 18.6. The van der Waals surface area contributed by atoms with Crippen molar-refractivity contribution in [1.29, 1.82) is 0 Å². The van der Waals surface area contributed by atoms with E-state index in [0.717, 1.165) is 16.8 Å². The van der Waals surface area contributed by atoms with Gasteiger partial charge >= 0.3 is 0 Å². The van der Waals surface area contributed by atoms with Crippen LogP contribution in [0.1, 0.15) is 12.5 Å². The number of carbonyl (C=O) groups excluding carboxylic acids is 2. The lowest BCUT2D eigenvalue weighted by atomic mass is 10.2. The van der Waals surface area contributed by atoms with E-state index in [1.54, 1.807) is 12.1 Å². The average molecular weight is 492 g/mol. The van der Waals surface area contributed by atoms with Crippen LogP contribution in [0, 0.1) is 6.92 Å². The quantitative estimate of drug-likeness (QED) is 0.329. The maximum Gasteiger partial charge on any atom is 0.234 e. The van der Waals surface area contributed by atoms with Crippen LogP contribution in [-0.2, 0) is 9.59 Å². The van der Waals surface area contributed by atoms with Crippen LogP contribution < -0.4 is 10.6 Å². The second-order valence-corrected chi connectivity index (χ2v) is 8.91. The van der Waals surface area contributed by atoms with Crippen molar-refractivity contribution in [2.45, 2.75) is 19.0 Å². The molecule has 0 bridgehead atoms. The number of carbonyl (C=O) groups is 2. The molecule has 0 aliphatic heterocycles. The highest BCUT2D eigenvalue weighted by Crippen LogP contribution is 2.29. The zero-order chi connectivity index (χ0) is 24.1. The predicted octanol–water partition coefficient (Wildman–Crippen LogP) is 5.59. The summed E-state index contributed by atoms with van der Waals surface area (Å²) in [4.78, 5) is 23.9. The maximum absolute atomic E-state index is 12.6. The molecular weight excluding hydrogens is 470 g/mol. The third-order valence-electron chi connectivity index (χ3n) is 4.92. The van der Waals surface area contributed by atoms with E-state index in [4.69, 9.17) is 11.6 Å². The lowest BCUT2D eigenvalue weighted by Gasteiger charge is -2.11. The Morgan fingerprint density at radius 3 is 2.41 bits per heavy atom. The van der Waals surface area contributed by atoms with E-state index in [1.807, 2.05) is 72.2 Å². The molecule has 7 nitrogen and oxygen atoms in total. The van der Waals surface area contributed by atoms with Crippen LogP contribution in [-0.4, -0.2) is 32.3 Å². The Morgan fingerprint density at radius 1 is 0.971 bits per heavy atom. The molecule has 0 unspecified atom stereocenters. The number of nitrogens with one attached hydrogen (secondary N) is 2. The fourth-order valence-electron chi connectivity index (χ4n) is 3.31. The molecular formula is C25H22ClN5O2S. The first-order chi connectivity index (χ1) is 16.4. The predicted molar refractivity (Wildman–Crippen MR) is 137 cm³/mol. The number of nitrogens with zero attached hydrogens (tertiary/aromatic N) is 3. The second-order valence-electron chi connectivity index (χ2n) is 7.53. The number of halogens is 1. The highest BCUT2D eigenvalue weighted by atomic mass is 35.5. The monoisotopic (exact) mass is 491 g/mol. The van der Waals surface area contributed by atoms with E-state index < -0.39 is 0 Å². The largest absolute Gasteiger partial charge is 0.326 e. The number of benzene rings is 3. The van der Waals surface area contributed by atoms with Crippen molar-refractivity contribution >= 4 is 46.6 Å². The highest BCUT2D eigenvalue weighted by Gasteiger charge is 2.17. The highest BCUT2D eigenvalue weighted by molar-refractivity contribution is 7.99. The molecule has 0 saturated carbocycles. The molecule has 4 rings (SSSR count). The first-order valence-electron chi connectivity index (χ1n) is 10.5. The van der Waals surface area contributed by atoms with E-state index in [2.05, 4.69) is 20.8 Å². The minimum absolute atomic E-state index is 0.134. The van der Waals surface area contributed by atoms with Crippen LogP contribution in [0.2, 0.25) is 5.02 Å². The summed E-state index contributed by atoms with van der Waals surface area (Å²) in [6, 6.07) is 22.5. The summed E-state index contributed by atoms with van der Waals surface area (Å²) in [5.74, 6) is 0.483. The van der Waals surface area contributed by atoms with Crippen molar-refractivity contribution in [2.24, 2.45) is 0 Å². The van der Waals surface area contributed by atoms with Gasteiger partial charge in [-0.25, -0.2) is 0 Å². The molecule has 4 aromatic rings. The van der Waals surface area contributed by atoms with Gasteiger partial charge in [0.25, 0.3) is 0 Å². The third-order valence-corrected chi connectivity index (χ3v) is 6.08. The molecule has 0 saturated heterocycles. The molecule has 0 aliphatic carbocycles. The summed E-state index contributed by atoms with van der Waals surface area (Å²) in [5, 5.41) is 15.6. The van der Waals surface area contributed by atoms with Gasteiger partial charge in [-0.3, -0.25) is 14.2 Å². The fraction of sp³-hybridized carbons (Fsp3) is 0.120. The molecule has 2 amide bonds. The van der Waals surface area contributed by atoms with Crippen LogP contribution >= 0.6 is 23.4 Å². The number of thioether (sulfide) groups is 1. The molecule has 0 spiro atoms. The van der Waals surface area contributed by atoms with Crippen molar-refractivity contribution in [2.75, 3.05) is 16.4 Å². The van der Waals surface area contributed by atoms with Gasteiger partial charge in [0.1, 0.15) is 0 Å². The van der Waals surface area contributed by atoms with E-state index in [9.17, 15) is 9.59 Å². The van der Waals surface area contributed by atoms with Crippen LogP contribution in [0.4, 0.5) is 11.4 Å². The Balaban J connectivity index is 1.58. The van der Waals surface area contributed by atoms with Crippen molar-refractivity contribution in [3.8, 4) is 17.1 Å². The Morgan fingerprint density at radius 2 is 1.71 bits per heavy atom. The maximum atomic E-state index is 12.6. The number of aromatic nitrogens is 3. The number of para-hydroxylation sites is 1. The summed E-state index contributed by atoms with van der Waals surface area (Å²) < 4.78 is 1.91. The Labute approximate surface area is 206 Å². The first kappa shape index (κ1) is 23.5. The molecule has 1 heterocycles. The van der Waals surface area contributed by atoms with Gasteiger partial charge in [0.2, 0.25) is 11.8 Å². The van der Waals surface area contributed by atoms with Crippen molar-refractivity contribution in [1.82, 2.24) is 14.8 Å². The number of rotatable bonds is 7. The smallest absolute Gasteiger partial charge is 0.234 e.